The van der Waals surface area contributed by atoms with Gasteiger partial charge in [-0.1, -0.05) is 0 Å². The van der Waals surface area contributed by atoms with E-state index in [2.05, 4.69) is 0 Å². The van der Waals surface area contributed by atoms with E-state index in [1.165, 1.54) is 6.42 Å². The van der Waals surface area contributed by atoms with Crippen LogP contribution in [0, 0.1) is 29.6 Å². The zero-order chi connectivity index (χ0) is 17.7. The first kappa shape index (κ1) is 18.0. The Hall–Kier alpha value is -0.830. The van der Waals surface area contributed by atoms with Gasteiger partial charge in [0.2, 0.25) is 0 Å². The van der Waals surface area contributed by atoms with Crippen molar-refractivity contribution in [1.82, 2.24) is 0 Å². The smallest absolute Gasteiger partial charge is 0.400 e. The van der Waals surface area contributed by atoms with Crippen molar-refractivity contribution in [2.45, 2.75) is 50.0 Å². The highest BCUT2D eigenvalue weighted by molar-refractivity contribution is 7.86. The molecule has 0 radical (unpaired) electrons. The molecule has 0 aromatic heterocycles. The van der Waals surface area contributed by atoms with Crippen molar-refractivity contribution >= 4 is 16.1 Å². The second-order valence-electron chi connectivity index (χ2n) is 7.42. The van der Waals surface area contributed by atoms with Crippen molar-refractivity contribution in [1.29, 1.82) is 0 Å². The predicted octanol–water partition coefficient (Wildman–Crippen LogP) is 2.81. The average Bonchev–Trinajstić information content (AvgIpc) is 2.44. The monoisotopic (exact) mass is 370 g/mol. The summed E-state index contributed by atoms with van der Waals surface area (Å²) in [4.78, 5) is 12.3. The fourth-order valence-electron chi connectivity index (χ4n) is 5.00. The zero-order valence-electron chi connectivity index (χ0n) is 13.0. The average molecular weight is 370 g/mol. The molecule has 1 unspecified atom stereocenters. The van der Waals surface area contributed by atoms with Crippen LogP contribution in [0.1, 0.15) is 38.5 Å². The minimum atomic E-state index is -5.84. The molecule has 4 aliphatic rings. The van der Waals surface area contributed by atoms with E-state index in [0.29, 0.717) is 11.8 Å². The first-order valence-corrected chi connectivity index (χ1v) is 9.69. The summed E-state index contributed by atoms with van der Waals surface area (Å²) < 4.78 is 73.8. The number of alkyl halides is 3. The number of esters is 1. The lowest BCUT2D eigenvalue weighted by molar-refractivity contribution is -0.163. The van der Waals surface area contributed by atoms with E-state index in [1.54, 1.807) is 0 Å². The molecule has 0 aromatic carbocycles. The van der Waals surface area contributed by atoms with Gasteiger partial charge in [-0.2, -0.15) is 17.2 Å². The summed E-state index contributed by atoms with van der Waals surface area (Å²) in [5.74, 6) is 1.10. The highest BCUT2D eigenvalue weighted by Gasteiger charge is 2.53. The Kier molecular flexibility index (Phi) is 4.61. The Morgan fingerprint density at radius 2 is 1.62 bits per heavy atom. The summed E-state index contributed by atoms with van der Waals surface area (Å²) in [6, 6.07) is 0. The van der Waals surface area contributed by atoms with Gasteiger partial charge < -0.3 is 4.74 Å². The number of ether oxygens (including phenoxy) is 1. The van der Waals surface area contributed by atoms with Crippen molar-refractivity contribution in [2.75, 3.05) is 6.61 Å². The molecule has 4 rings (SSSR count). The van der Waals surface area contributed by atoms with Gasteiger partial charge in [0.15, 0.2) is 6.17 Å². The van der Waals surface area contributed by atoms with Gasteiger partial charge in [0, 0.05) is 6.42 Å². The second-order valence-corrected chi connectivity index (χ2v) is 8.91. The number of hydrogen-bond donors (Lipinski definition) is 1. The van der Waals surface area contributed by atoms with Crippen LogP contribution in [-0.2, 0) is 19.6 Å². The molecule has 4 bridgehead atoms. The number of hydrogen-bond acceptors (Lipinski definition) is 4. The topological polar surface area (TPSA) is 80.7 Å². The summed E-state index contributed by atoms with van der Waals surface area (Å²) in [7, 11) is -5.84. The van der Waals surface area contributed by atoms with Crippen molar-refractivity contribution in [3.63, 3.8) is 0 Å². The Labute approximate surface area is 138 Å². The Morgan fingerprint density at radius 3 is 2.08 bits per heavy atom. The van der Waals surface area contributed by atoms with E-state index in [1.807, 2.05) is 0 Å². The lowest BCUT2D eigenvalue weighted by atomic mass is 9.52. The van der Waals surface area contributed by atoms with Gasteiger partial charge in [-0.3, -0.25) is 9.35 Å². The number of carbonyl (C=O) groups excluding carboxylic acids is 1. The van der Waals surface area contributed by atoms with Crippen molar-refractivity contribution < 1.29 is 35.7 Å². The van der Waals surface area contributed by atoms with Gasteiger partial charge in [0.25, 0.3) is 0 Å². The predicted molar refractivity (Wildman–Crippen MR) is 77.5 cm³/mol. The van der Waals surface area contributed by atoms with Crippen molar-refractivity contribution in [3.8, 4) is 0 Å². The van der Waals surface area contributed by atoms with Gasteiger partial charge in [-0.15, -0.1) is 0 Å². The molecule has 24 heavy (non-hydrogen) atoms. The fraction of sp³-hybridized carbons (Fsp3) is 0.933. The van der Waals surface area contributed by atoms with Crippen LogP contribution in [0.25, 0.3) is 0 Å². The molecule has 9 heteroatoms. The molecule has 4 fully saturated rings. The van der Waals surface area contributed by atoms with E-state index in [0.717, 1.165) is 25.7 Å². The molecule has 1 atom stereocenters. The van der Waals surface area contributed by atoms with E-state index in [4.69, 9.17) is 9.29 Å². The standard InChI is InChI=1S/C15H21F3O5S/c16-12(15(17,18)24(20,21)22)1-2-23-14(19)13-10-4-8-3-9(6-10)7-11(13)5-8/h8-13H,1-7H2,(H,20,21,22). The minimum absolute atomic E-state index is 0.252. The van der Waals surface area contributed by atoms with E-state index in [9.17, 15) is 26.4 Å². The van der Waals surface area contributed by atoms with Gasteiger partial charge in [0.05, 0.1) is 12.5 Å². The lowest BCUT2D eigenvalue weighted by Crippen LogP contribution is -2.48. The quantitative estimate of drug-likeness (QED) is 0.574. The molecule has 5 nitrogen and oxygen atoms in total. The third-order valence-electron chi connectivity index (χ3n) is 5.82. The third-order valence-corrected chi connectivity index (χ3v) is 6.77. The van der Waals surface area contributed by atoms with Crippen LogP contribution in [0.5, 0.6) is 0 Å². The van der Waals surface area contributed by atoms with Crippen LogP contribution < -0.4 is 0 Å². The van der Waals surface area contributed by atoms with Crippen LogP contribution in [-0.4, -0.2) is 37.0 Å². The summed E-state index contributed by atoms with van der Waals surface area (Å²) in [5, 5.41) is -4.90. The second kappa shape index (κ2) is 6.16. The Morgan fingerprint density at radius 1 is 1.12 bits per heavy atom. The van der Waals surface area contributed by atoms with Gasteiger partial charge in [0.1, 0.15) is 0 Å². The highest BCUT2D eigenvalue weighted by atomic mass is 32.2. The molecular weight excluding hydrogens is 349 g/mol. The first-order valence-electron chi connectivity index (χ1n) is 8.25. The largest absolute Gasteiger partial charge is 0.465 e. The first-order chi connectivity index (χ1) is 11.1. The van der Waals surface area contributed by atoms with Gasteiger partial charge >= 0.3 is 21.3 Å². The number of carbonyl (C=O) groups is 1. The van der Waals surface area contributed by atoms with E-state index < -0.39 is 40.5 Å². The molecule has 1 N–H and O–H groups in total. The number of halogens is 3. The molecular formula is C15H21F3O5S. The molecule has 0 aliphatic heterocycles. The maximum absolute atomic E-state index is 13.4. The molecule has 0 heterocycles. The van der Waals surface area contributed by atoms with Crippen LogP contribution in [0.4, 0.5) is 13.2 Å². The van der Waals surface area contributed by atoms with Gasteiger partial charge in [-0.25, -0.2) is 4.39 Å². The maximum atomic E-state index is 13.4. The molecule has 4 aliphatic carbocycles. The summed E-state index contributed by atoms with van der Waals surface area (Å²) >= 11 is 0. The zero-order valence-corrected chi connectivity index (χ0v) is 13.9. The molecule has 0 amide bonds. The SMILES string of the molecule is O=C(OCCC(F)C(F)(F)S(=O)(=O)O)C1C2CC3CC(C2)CC1C3. The van der Waals surface area contributed by atoms with Crippen LogP contribution in [0.3, 0.4) is 0 Å². The maximum Gasteiger partial charge on any atom is 0.400 e. The normalized spacial score (nSPS) is 36.6. The highest BCUT2D eigenvalue weighted by Crippen LogP contribution is 2.56. The van der Waals surface area contributed by atoms with Crippen LogP contribution in [0.2, 0.25) is 0 Å². The van der Waals surface area contributed by atoms with E-state index >= 15 is 0 Å². The minimum Gasteiger partial charge on any atom is -0.465 e. The summed E-state index contributed by atoms with van der Waals surface area (Å²) in [6.07, 6.45) is 1.06. The summed E-state index contributed by atoms with van der Waals surface area (Å²) in [6.45, 7) is -0.631. The molecule has 0 saturated heterocycles. The van der Waals surface area contributed by atoms with Crippen molar-refractivity contribution in [3.05, 3.63) is 0 Å². The fourth-order valence-corrected chi connectivity index (χ4v) is 5.44. The third kappa shape index (κ3) is 3.16. The number of rotatable bonds is 6. The lowest BCUT2D eigenvalue weighted by Gasteiger charge is -2.53. The molecule has 0 aromatic rings. The van der Waals surface area contributed by atoms with Crippen LogP contribution >= 0.6 is 0 Å². The Bertz CT molecular complexity index is 578. The summed E-state index contributed by atoms with van der Waals surface area (Å²) in [5.41, 5.74) is 0. The molecule has 0 spiro atoms. The van der Waals surface area contributed by atoms with Crippen LogP contribution in [0.15, 0.2) is 0 Å². The Balaban J connectivity index is 1.52. The van der Waals surface area contributed by atoms with Crippen molar-refractivity contribution in [2.24, 2.45) is 29.6 Å². The molecule has 138 valence electrons. The molecule has 4 saturated carbocycles. The van der Waals surface area contributed by atoms with Gasteiger partial charge in [-0.05, 0) is 55.8 Å². The van der Waals surface area contributed by atoms with E-state index in [-0.39, 0.29) is 17.8 Å².